The van der Waals surface area contributed by atoms with Crippen molar-refractivity contribution < 1.29 is 27.4 Å². The number of rotatable bonds is 3. The van der Waals surface area contributed by atoms with Gasteiger partial charge in [0.2, 0.25) is 0 Å². The van der Waals surface area contributed by atoms with E-state index in [1.165, 1.54) is 32.4 Å². The molecule has 0 heterocycles. The molecule has 0 radical (unpaired) electrons. The molecule has 2 amide bonds. The van der Waals surface area contributed by atoms with Crippen LogP contribution < -0.4 is 20.1 Å². The lowest BCUT2D eigenvalue weighted by Crippen LogP contribution is -2.40. The van der Waals surface area contributed by atoms with Gasteiger partial charge in [-0.3, -0.25) is 0 Å². The van der Waals surface area contributed by atoms with Crippen LogP contribution >= 0.6 is 0 Å². The van der Waals surface area contributed by atoms with E-state index in [0.717, 1.165) is 5.32 Å². The van der Waals surface area contributed by atoms with Crippen LogP contribution in [0.15, 0.2) is 18.2 Å². The van der Waals surface area contributed by atoms with Crippen molar-refractivity contribution in [3.05, 3.63) is 18.2 Å². The van der Waals surface area contributed by atoms with Gasteiger partial charge in [0.15, 0.2) is 0 Å². The number of alkyl halides is 3. The standard InChI is InChI=1S/C10H11F3N2O3/c1-17-6-3-4-7(8(5-6)18-2)14-9(16)15-10(11,12)13/h3-5H,1-2H3,(H2,14,15,16). The molecule has 0 fully saturated rings. The molecule has 1 aromatic carbocycles. The molecule has 1 rings (SSSR count). The maximum atomic E-state index is 11.9. The Labute approximate surface area is 101 Å². The Hall–Kier alpha value is -2.12. The summed E-state index contributed by atoms with van der Waals surface area (Å²) in [6.45, 7) is 0. The van der Waals surface area contributed by atoms with Gasteiger partial charge in [-0.15, -0.1) is 0 Å². The third-order valence-corrected chi connectivity index (χ3v) is 1.91. The molecule has 8 heteroatoms. The first kappa shape index (κ1) is 13.9. The van der Waals surface area contributed by atoms with Crippen LogP contribution in [0, 0.1) is 0 Å². The topological polar surface area (TPSA) is 59.6 Å². The Bertz CT molecular complexity index is 435. The first-order valence-corrected chi connectivity index (χ1v) is 4.73. The van der Waals surface area contributed by atoms with Crippen LogP contribution in [-0.4, -0.2) is 26.6 Å². The van der Waals surface area contributed by atoms with Crippen LogP contribution in [0.2, 0.25) is 0 Å². The number of ether oxygens (including phenoxy) is 2. The van der Waals surface area contributed by atoms with Gasteiger partial charge in [0, 0.05) is 6.07 Å². The molecule has 0 aliphatic rings. The average Bonchev–Trinajstić information content (AvgIpc) is 2.27. The van der Waals surface area contributed by atoms with Crippen molar-refractivity contribution in [1.29, 1.82) is 0 Å². The lowest BCUT2D eigenvalue weighted by molar-refractivity contribution is -0.144. The lowest BCUT2D eigenvalue weighted by atomic mass is 10.2. The summed E-state index contributed by atoms with van der Waals surface area (Å²) in [7, 11) is 2.75. The molecule has 0 saturated carbocycles. The number of hydrogen-bond acceptors (Lipinski definition) is 3. The largest absolute Gasteiger partial charge is 0.497 e. The molecule has 100 valence electrons. The van der Waals surface area contributed by atoms with E-state index in [9.17, 15) is 18.0 Å². The summed E-state index contributed by atoms with van der Waals surface area (Å²) < 4.78 is 45.5. The summed E-state index contributed by atoms with van der Waals surface area (Å²) in [5.41, 5.74) is 0.0973. The number of nitrogens with one attached hydrogen (secondary N) is 2. The highest BCUT2D eigenvalue weighted by molar-refractivity contribution is 5.91. The van der Waals surface area contributed by atoms with Gasteiger partial charge in [-0.1, -0.05) is 0 Å². The molecule has 0 aliphatic carbocycles. The predicted octanol–water partition coefficient (Wildman–Crippen LogP) is 2.35. The zero-order valence-corrected chi connectivity index (χ0v) is 9.59. The first-order valence-electron chi connectivity index (χ1n) is 4.73. The zero-order chi connectivity index (χ0) is 13.8. The van der Waals surface area contributed by atoms with Crippen molar-refractivity contribution in [2.45, 2.75) is 6.30 Å². The lowest BCUT2D eigenvalue weighted by Gasteiger charge is -2.13. The number of urea groups is 1. The molecule has 5 nitrogen and oxygen atoms in total. The van der Waals surface area contributed by atoms with Crippen molar-refractivity contribution >= 4 is 11.7 Å². The Morgan fingerprint density at radius 1 is 1.22 bits per heavy atom. The Balaban J connectivity index is 2.81. The van der Waals surface area contributed by atoms with Gasteiger partial charge in [0.25, 0.3) is 0 Å². The monoisotopic (exact) mass is 264 g/mol. The minimum atomic E-state index is -4.79. The van der Waals surface area contributed by atoms with Gasteiger partial charge < -0.3 is 14.8 Å². The second kappa shape index (κ2) is 5.48. The highest BCUT2D eigenvalue weighted by Crippen LogP contribution is 2.29. The number of carbonyl (C=O) groups is 1. The Morgan fingerprint density at radius 3 is 2.39 bits per heavy atom. The normalized spacial score (nSPS) is 10.7. The van der Waals surface area contributed by atoms with E-state index in [1.54, 1.807) is 0 Å². The van der Waals surface area contributed by atoms with Crippen LogP contribution in [0.3, 0.4) is 0 Å². The number of amides is 2. The first-order chi connectivity index (χ1) is 8.35. The highest BCUT2D eigenvalue weighted by atomic mass is 19.4. The molecular weight excluding hydrogens is 253 g/mol. The van der Waals surface area contributed by atoms with Crippen LogP contribution in [0.4, 0.5) is 23.7 Å². The van der Waals surface area contributed by atoms with Crippen molar-refractivity contribution in [3.8, 4) is 11.5 Å². The van der Waals surface area contributed by atoms with Crippen LogP contribution in [0.25, 0.3) is 0 Å². The molecular formula is C10H11F3N2O3. The summed E-state index contributed by atoms with van der Waals surface area (Å²) in [5, 5.41) is 2.83. The van der Waals surface area contributed by atoms with Gasteiger partial charge in [0.1, 0.15) is 11.5 Å². The van der Waals surface area contributed by atoms with Crippen molar-refractivity contribution in [2.75, 3.05) is 19.5 Å². The minimum Gasteiger partial charge on any atom is -0.497 e. The van der Waals surface area contributed by atoms with E-state index in [4.69, 9.17) is 9.47 Å². The van der Waals surface area contributed by atoms with E-state index in [2.05, 4.69) is 0 Å². The van der Waals surface area contributed by atoms with E-state index in [0.29, 0.717) is 5.75 Å². The smallest absolute Gasteiger partial charge is 0.485 e. The van der Waals surface area contributed by atoms with Gasteiger partial charge >= 0.3 is 12.3 Å². The summed E-state index contributed by atoms with van der Waals surface area (Å²) in [6.07, 6.45) is -4.79. The minimum absolute atomic E-state index is 0.0973. The Morgan fingerprint density at radius 2 is 1.89 bits per heavy atom. The second-order valence-electron chi connectivity index (χ2n) is 3.14. The Kier molecular flexibility index (Phi) is 4.24. The second-order valence-corrected chi connectivity index (χ2v) is 3.14. The fraction of sp³-hybridized carbons (Fsp3) is 0.300. The third kappa shape index (κ3) is 4.04. The molecule has 0 aliphatic heterocycles. The molecule has 2 N–H and O–H groups in total. The van der Waals surface area contributed by atoms with Gasteiger partial charge in [0.05, 0.1) is 19.9 Å². The van der Waals surface area contributed by atoms with Crippen LogP contribution in [0.1, 0.15) is 0 Å². The van der Waals surface area contributed by atoms with E-state index in [1.807, 2.05) is 5.32 Å². The van der Waals surface area contributed by atoms with Crippen molar-refractivity contribution in [2.24, 2.45) is 0 Å². The maximum Gasteiger partial charge on any atom is 0.485 e. The fourth-order valence-corrected chi connectivity index (χ4v) is 1.18. The van der Waals surface area contributed by atoms with Gasteiger partial charge in [-0.25, -0.2) is 10.1 Å². The number of benzene rings is 1. The van der Waals surface area contributed by atoms with Crippen molar-refractivity contribution in [3.63, 3.8) is 0 Å². The third-order valence-electron chi connectivity index (χ3n) is 1.91. The fourth-order valence-electron chi connectivity index (χ4n) is 1.18. The summed E-state index contributed by atoms with van der Waals surface area (Å²) in [5.74, 6) is 0.639. The molecule has 0 bridgehead atoms. The molecule has 0 saturated heterocycles. The SMILES string of the molecule is COc1ccc(NC(=O)NC(F)(F)F)c(OC)c1. The number of hydrogen-bond donors (Lipinski definition) is 2. The summed E-state index contributed by atoms with van der Waals surface area (Å²) in [6, 6.07) is 2.88. The molecule has 1 aromatic rings. The van der Waals surface area contributed by atoms with Crippen LogP contribution in [-0.2, 0) is 0 Å². The van der Waals surface area contributed by atoms with Crippen molar-refractivity contribution in [1.82, 2.24) is 5.32 Å². The van der Waals surface area contributed by atoms with Gasteiger partial charge in [-0.2, -0.15) is 13.2 Å². The molecule has 0 spiro atoms. The van der Waals surface area contributed by atoms with E-state index in [-0.39, 0.29) is 11.4 Å². The van der Waals surface area contributed by atoms with Gasteiger partial charge in [-0.05, 0) is 12.1 Å². The average molecular weight is 264 g/mol. The van der Waals surface area contributed by atoms with E-state index >= 15 is 0 Å². The molecule has 0 atom stereocenters. The highest BCUT2D eigenvalue weighted by Gasteiger charge is 2.30. The summed E-state index contributed by atoms with van der Waals surface area (Å²) >= 11 is 0. The maximum absolute atomic E-state index is 11.9. The molecule has 0 aromatic heterocycles. The zero-order valence-electron chi connectivity index (χ0n) is 9.59. The number of halogens is 3. The van der Waals surface area contributed by atoms with E-state index < -0.39 is 12.3 Å². The predicted molar refractivity (Wildman–Crippen MR) is 57.8 cm³/mol. The molecule has 0 unspecified atom stereocenters. The quantitative estimate of drug-likeness (QED) is 0.824. The summed E-state index contributed by atoms with van der Waals surface area (Å²) in [4.78, 5) is 11.0. The molecule has 18 heavy (non-hydrogen) atoms. The van der Waals surface area contributed by atoms with Crippen LogP contribution in [0.5, 0.6) is 11.5 Å². The number of methoxy groups -OCH3 is 2. The number of anilines is 1. The number of carbonyl (C=O) groups excluding carboxylic acids is 1.